The van der Waals surface area contributed by atoms with Gasteiger partial charge in [-0.15, -0.1) is 0 Å². The molecule has 0 spiro atoms. The molecule has 3 aliphatic heterocycles. The molecule has 126 valence electrons. The maximum Gasteiger partial charge on any atom is 0.318 e. The van der Waals surface area contributed by atoms with Gasteiger partial charge in [0.05, 0.1) is 6.61 Å². The number of hydrogen-bond donors (Lipinski definition) is 0. The summed E-state index contributed by atoms with van der Waals surface area (Å²) in [6.07, 6.45) is 0. The van der Waals surface area contributed by atoms with E-state index in [1.165, 1.54) is 16.7 Å². The average molecular weight is 340 g/mol. The lowest BCUT2D eigenvalue weighted by Gasteiger charge is -2.64. The van der Waals surface area contributed by atoms with Crippen LogP contribution in [0.25, 0.3) is 0 Å². The maximum absolute atomic E-state index is 13.3. The monoisotopic (exact) mass is 340 g/mol. The van der Waals surface area contributed by atoms with Crippen molar-refractivity contribution in [1.29, 1.82) is 0 Å². The van der Waals surface area contributed by atoms with Crippen LogP contribution in [0.1, 0.15) is 47.1 Å². The van der Waals surface area contributed by atoms with Crippen molar-refractivity contribution in [2.45, 2.75) is 57.0 Å². The van der Waals surface area contributed by atoms with E-state index in [9.17, 15) is 4.79 Å². The van der Waals surface area contributed by atoms with E-state index in [1.54, 1.807) is 0 Å². The largest absolute Gasteiger partial charge is 0.465 e. The molecule has 0 amide bonds. The average Bonchev–Trinajstić information content (AvgIpc) is 3.15. The number of rotatable bonds is 3. The molecule has 0 N–H and O–H groups in total. The smallest absolute Gasteiger partial charge is 0.318 e. The van der Waals surface area contributed by atoms with Gasteiger partial charge in [0.2, 0.25) is 0 Å². The van der Waals surface area contributed by atoms with Crippen LogP contribution >= 0.6 is 7.92 Å². The Hall–Kier alpha value is -1.14. The summed E-state index contributed by atoms with van der Waals surface area (Å²) in [7, 11) is -0.376. The molecule has 3 heterocycles. The van der Waals surface area contributed by atoms with Crippen LogP contribution in [0.5, 0.6) is 0 Å². The highest BCUT2D eigenvalue weighted by Gasteiger charge is 3.16. The highest BCUT2D eigenvalue weighted by Crippen LogP contribution is 3.23. The molecule has 5 rings (SSSR count). The zero-order valence-corrected chi connectivity index (χ0v) is 16.3. The van der Waals surface area contributed by atoms with Gasteiger partial charge in [-0.2, -0.15) is 0 Å². The van der Waals surface area contributed by atoms with Gasteiger partial charge in [0.1, 0.15) is 5.16 Å². The molecule has 2 nitrogen and oxygen atoms in total. The van der Waals surface area contributed by atoms with Gasteiger partial charge in [0.15, 0.2) is 0 Å². The fraction of sp³-hybridized carbons (Fsp3) is 0.571. The van der Waals surface area contributed by atoms with Crippen LogP contribution in [0.2, 0.25) is 0 Å². The van der Waals surface area contributed by atoms with Crippen LogP contribution in [-0.2, 0) is 14.7 Å². The Balaban J connectivity index is 1.83. The van der Waals surface area contributed by atoms with E-state index in [4.69, 9.17) is 4.74 Å². The highest BCUT2D eigenvalue weighted by atomic mass is 31.1. The van der Waals surface area contributed by atoms with Crippen molar-refractivity contribution >= 4 is 13.9 Å². The van der Waals surface area contributed by atoms with Crippen LogP contribution in [0.3, 0.4) is 0 Å². The molecule has 3 heteroatoms. The molecule has 1 aliphatic carbocycles. The van der Waals surface area contributed by atoms with Crippen molar-refractivity contribution in [3.8, 4) is 0 Å². The third kappa shape index (κ3) is 0.842. The third-order valence-electron chi connectivity index (χ3n) is 8.81. The van der Waals surface area contributed by atoms with E-state index in [1.807, 2.05) is 6.92 Å². The normalized spacial score (nSPS) is 52.3. The zero-order chi connectivity index (χ0) is 17.3. The van der Waals surface area contributed by atoms with Gasteiger partial charge in [0, 0.05) is 21.1 Å². The minimum Gasteiger partial charge on any atom is -0.465 e. The Bertz CT molecular complexity index is 845. The second-order valence-corrected chi connectivity index (χ2v) is 11.3. The molecule has 3 fully saturated rings. The zero-order valence-electron chi connectivity index (χ0n) is 15.4. The van der Waals surface area contributed by atoms with E-state index in [2.05, 4.69) is 65.0 Å². The fourth-order valence-corrected chi connectivity index (χ4v) is 14.2. The van der Waals surface area contributed by atoms with E-state index in [0.29, 0.717) is 6.61 Å². The molecule has 3 saturated heterocycles. The first-order valence-electron chi connectivity index (χ1n) is 8.99. The van der Waals surface area contributed by atoms with E-state index in [-0.39, 0.29) is 40.2 Å². The van der Waals surface area contributed by atoms with Crippen molar-refractivity contribution in [3.63, 3.8) is 0 Å². The van der Waals surface area contributed by atoms with Gasteiger partial charge in [-0.05, 0) is 26.3 Å². The second-order valence-electron chi connectivity index (χ2n) is 8.41. The molecule has 0 aromatic heterocycles. The second kappa shape index (κ2) is 3.68. The predicted octanol–water partition coefficient (Wildman–Crippen LogP) is 4.83. The number of benzene rings is 1. The number of esters is 1. The fourth-order valence-electron chi connectivity index (χ4n) is 7.76. The predicted molar refractivity (Wildman–Crippen MR) is 97.4 cm³/mol. The molecule has 0 radical (unpaired) electrons. The van der Waals surface area contributed by atoms with Crippen LogP contribution in [0.15, 0.2) is 41.5 Å². The summed E-state index contributed by atoms with van der Waals surface area (Å²) < 4.78 is 5.68. The minimum absolute atomic E-state index is 0.00403. The SMILES string of the molecule is CCOC(=O)[C@]12P3C4(C)C1(C)C(C)=C(C)C4(C)[C@@]32c1ccccc1. The van der Waals surface area contributed by atoms with E-state index < -0.39 is 0 Å². The van der Waals surface area contributed by atoms with Crippen LogP contribution in [0.4, 0.5) is 0 Å². The molecule has 0 bridgehead atoms. The number of hydrogen-bond acceptors (Lipinski definition) is 2. The Labute approximate surface area is 145 Å². The van der Waals surface area contributed by atoms with Gasteiger partial charge in [0.25, 0.3) is 0 Å². The van der Waals surface area contributed by atoms with Crippen molar-refractivity contribution in [1.82, 2.24) is 0 Å². The summed E-state index contributed by atoms with van der Waals surface area (Å²) in [5.74, 6) is 0.0653. The van der Waals surface area contributed by atoms with Gasteiger partial charge in [-0.3, -0.25) is 4.79 Å². The molecule has 1 aromatic carbocycles. The van der Waals surface area contributed by atoms with Gasteiger partial charge >= 0.3 is 5.97 Å². The maximum atomic E-state index is 13.3. The molecule has 4 aliphatic rings. The lowest BCUT2D eigenvalue weighted by atomic mass is 9.63. The van der Waals surface area contributed by atoms with E-state index in [0.717, 1.165) is 0 Å². The Morgan fingerprint density at radius 1 is 1.04 bits per heavy atom. The van der Waals surface area contributed by atoms with E-state index >= 15 is 0 Å². The summed E-state index contributed by atoms with van der Waals surface area (Å²) in [5, 5.41) is -0.0537. The summed E-state index contributed by atoms with van der Waals surface area (Å²) in [6, 6.07) is 10.8. The molecule has 4 unspecified atom stereocenters. The first-order chi connectivity index (χ1) is 11.3. The highest BCUT2D eigenvalue weighted by molar-refractivity contribution is 7.76. The van der Waals surface area contributed by atoms with Crippen LogP contribution in [-0.4, -0.2) is 22.9 Å². The van der Waals surface area contributed by atoms with Crippen molar-refractivity contribution in [3.05, 3.63) is 47.0 Å². The molecule has 6 atom stereocenters. The summed E-state index contributed by atoms with van der Waals surface area (Å²) >= 11 is 0. The van der Waals surface area contributed by atoms with Gasteiger partial charge in [-0.25, -0.2) is 0 Å². The Morgan fingerprint density at radius 3 is 2.21 bits per heavy atom. The Morgan fingerprint density at radius 2 is 1.62 bits per heavy atom. The summed E-state index contributed by atoms with van der Waals surface area (Å²) in [5.41, 5.74) is 4.36. The van der Waals surface area contributed by atoms with Gasteiger partial charge < -0.3 is 4.74 Å². The lowest BCUT2D eigenvalue weighted by molar-refractivity contribution is -0.148. The number of allylic oxidation sites excluding steroid dienone is 2. The minimum atomic E-state index is -0.376. The molecule has 0 saturated carbocycles. The lowest BCUT2D eigenvalue weighted by Crippen LogP contribution is -2.61. The topological polar surface area (TPSA) is 26.3 Å². The summed E-state index contributed by atoms with van der Waals surface area (Å²) in [4.78, 5) is 13.3. The number of carbonyl (C=O) groups excluding carboxylic acids is 1. The van der Waals surface area contributed by atoms with Crippen LogP contribution in [0, 0.1) is 10.8 Å². The first kappa shape index (κ1) is 15.1. The van der Waals surface area contributed by atoms with Gasteiger partial charge in [-0.1, -0.05) is 70.2 Å². The molecular formula is C21H25O2P. The molecular weight excluding hydrogens is 315 g/mol. The number of carbonyl (C=O) groups is 1. The third-order valence-corrected chi connectivity index (χ3v) is 13.7. The first-order valence-corrected chi connectivity index (χ1v) is 10.3. The molecule has 1 aromatic rings. The van der Waals surface area contributed by atoms with Crippen molar-refractivity contribution < 1.29 is 9.53 Å². The number of fused-ring (bicyclic) bond motifs is 3. The summed E-state index contributed by atoms with van der Waals surface area (Å²) in [6.45, 7) is 14.2. The quantitative estimate of drug-likeness (QED) is 0.448. The van der Waals surface area contributed by atoms with Crippen molar-refractivity contribution in [2.75, 3.05) is 6.61 Å². The molecule has 24 heavy (non-hydrogen) atoms. The number of ether oxygens (including phenoxy) is 1. The Kier molecular flexibility index (Phi) is 2.32. The standard InChI is InChI=1S/C21H25O2P/c1-7-23-16(22)21-18(5)14(3)13(2)17(4)19(18,6)24(21)20(17,21)15-11-9-8-10-12-15/h8-12H,7H2,1-6H3/t17?,18?,19?,20-,21+,24?/m1/s1. The van der Waals surface area contributed by atoms with Crippen LogP contribution < -0.4 is 0 Å². The van der Waals surface area contributed by atoms with Crippen molar-refractivity contribution in [2.24, 2.45) is 10.8 Å².